The Labute approximate surface area is 145 Å². The van der Waals surface area contributed by atoms with Gasteiger partial charge in [-0.15, -0.1) is 0 Å². The predicted molar refractivity (Wildman–Crippen MR) is 97.9 cm³/mol. The number of pyridine rings is 1. The minimum atomic E-state index is 0.695. The van der Waals surface area contributed by atoms with Gasteiger partial charge in [0, 0.05) is 18.0 Å². The van der Waals surface area contributed by atoms with Gasteiger partial charge in [0.25, 0.3) is 0 Å². The SMILES string of the molecule is COc1ccc(Cn2ncc3c4c(cnc32)Cc2ccccc2-4)cc1. The van der Waals surface area contributed by atoms with Crippen LogP contribution in [0.3, 0.4) is 0 Å². The van der Waals surface area contributed by atoms with Gasteiger partial charge in [-0.3, -0.25) is 0 Å². The van der Waals surface area contributed by atoms with E-state index in [1.807, 2.05) is 29.2 Å². The number of hydrogen-bond donors (Lipinski definition) is 0. The van der Waals surface area contributed by atoms with Crippen molar-refractivity contribution in [3.05, 3.63) is 77.6 Å². The summed E-state index contributed by atoms with van der Waals surface area (Å²) in [5.41, 5.74) is 7.38. The van der Waals surface area contributed by atoms with Crippen LogP contribution in [0, 0.1) is 0 Å². The Kier molecular flexibility index (Phi) is 3.10. The molecular formula is C21H17N3O. The highest BCUT2D eigenvalue weighted by Gasteiger charge is 2.22. The van der Waals surface area contributed by atoms with Gasteiger partial charge in [-0.25, -0.2) is 9.67 Å². The molecule has 0 saturated carbocycles. The van der Waals surface area contributed by atoms with Crippen LogP contribution in [0.2, 0.25) is 0 Å². The van der Waals surface area contributed by atoms with Crippen LogP contribution >= 0.6 is 0 Å². The third-order valence-corrected chi connectivity index (χ3v) is 4.90. The van der Waals surface area contributed by atoms with Crippen molar-refractivity contribution < 1.29 is 4.74 Å². The van der Waals surface area contributed by atoms with Gasteiger partial charge in [-0.2, -0.15) is 5.10 Å². The van der Waals surface area contributed by atoms with Crippen molar-refractivity contribution in [1.29, 1.82) is 0 Å². The van der Waals surface area contributed by atoms with Crippen molar-refractivity contribution in [2.75, 3.05) is 7.11 Å². The molecule has 1 aliphatic rings. The van der Waals surface area contributed by atoms with Crippen LogP contribution in [0.4, 0.5) is 0 Å². The summed E-state index contributed by atoms with van der Waals surface area (Å²) in [5.74, 6) is 0.863. The maximum absolute atomic E-state index is 5.22. The number of benzene rings is 2. The topological polar surface area (TPSA) is 39.9 Å². The molecule has 0 spiro atoms. The van der Waals surface area contributed by atoms with Crippen LogP contribution in [-0.4, -0.2) is 21.9 Å². The minimum absolute atomic E-state index is 0.695. The molecule has 25 heavy (non-hydrogen) atoms. The lowest BCUT2D eigenvalue weighted by atomic mass is 10.0. The third-order valence-electron chi connectivity index (χ3n) is 4.90. The Morgan fingerprint density at radius 3 is 2.68 bits per heavy atom. The summed E-state index contributed by atoms with van der Waals surface area (Å²) in [4.78, 5) is 4.70. The summed E-state index contributed by atoms with van der Waals surface area (Å²) in [6.45, 7) is 0.695. The average Bonchev–Trinajstić information content (AvgIpc) is 3.23. The molecule has 4 nitrogen and oxygen atoms in total. The summed E-state index contributed by atoms with van der Waals surface area (Å²) in [7, 11) is 1.68. The normalized spacial score (nSPS) is 12.2. The average molecular weight is 327 g/mol. The van der Waals surface area contributed by atoms with Gasteiger partial charge in [0.15, 0.2) is 5.65 Å². The zero-order chi connectivity index (χ0) is 16.8. The molecule has 2 heterocycles. The Morgan fingerprint density at radius 2 is 1.84 bits per heavy atom. The van der Waals surface area contributed by atoms with Crippen molar-refractivity contribution in [3.63, 3.8) is 0 Å². The molecule has 4 heteroatoms. The molecule has 4 aromatic rings. The van der Waals surface area contributed by atoms with Crippen LogP contribution in [0.1, 0.15) is 16.7 Å². The molecule has 0 atom stereocenters. The summed E-state index contributed by atoms with van der Waals surface area (Å²) in [5, 5.41) is 5.74. The molecule has 0 saturated heterocycles. The summed E-state index contributed by atoms with van der Waals surface area (Å²) < 4.78 is 7.19. The van der Waals surface area contributed by atoms with E-state index >= 15 is 0 Å². The summed E-state index contributed by atoms with van der Waals surface area (Å²) in [6, 6.07) is 16.7. The van der Waals surface area contributed by atoms with Gasteiger partial charge in [-0.05, 0) is 39.9 Å². The highest BCUT2D eigenvalue weighted by Crippen LogP contribution is 2.40. The van der Waals surface area contributed by atoms with Gasteiger partial charge in [0.05, 0.1) is 19.9 Å². The number of rotatable bonds is 3. The lowest BCUT2D eigenvalue weighted by Gasteiger charge is -2.06. The number of fused-ring (bicyclic) bond motifs is 5. The molecular weight excluding hydrogens is 310 g/mol. The van der Waals surface area contributed by atoms with E-state index in [4.69, 9.17) is 9.72 Å². The van der Waals surface area contributed by atoms with Crippen molar-refractivity contribution in [1.82, 2.24) is 14.8 Å². The molecule has 0 fully saturated rings. The first kappa shape index (κ1) is 14.2. The first-order valence-corrected chi connectivity index (χ1v) is 8.38. The van der Waals surface area contributed by atoms with Gasteiger partial charge < -0.3 is 4.74 Å². The molecule has 0 amide bonds. The minimum Gasteiger partial charge on any atom is -0.497 e. The molecule has 0 aliphatic heterocycles. The molecule has 122 valence electrons. The van der Waals surface area contributed by atoms with E-state index < -0.39 is 0 Å². The van der Waals surface area contributed by atoms with Crippen LogP contribution in [0.5, 0.6) is 5.75 Å². The van der Waals surface area contributed by atoms with Crippen molar-refractivity contribution >= 4 is 11.0 Å². The van der Waals surface area contributed by atoms with Gasteiger partial charge in [0.1, 0.15) is 5.75 Å². The molecule has 0 radical (unpaired) electrons. The van der Waals surface area contributed by atoms with E-state index in [1.54, 1.807) is 7.11 Å². The number of ether oxygens (including phenoxy) is 1. The molecule has 0 bridgehead atoms. The second-order valence-corrected chi connectivity index (χ2v) is 6.38. The van der Waals surface area contributed by atoms with E-state index in [0.29, 0.717) is 6.54 Å². The Bertz CT molecular complexity index is 1080. The van der Waals surface area contributed by atoms with Gasteiger partial charge in [0.2, 0.25) is 0 Å². The molecule has 0 N–H and O–H groups in total. The zero-order valence-electron chi connectivity index (χ0n) is 13.9. The van der Waals surface area contributed by atoms with Gasteiger partial charge in [-0.1, -0.05) is 36.4 Å². The lowest BCUT2D eigenvalue weighted by Crippen LogP contribution is -2.02. The number of hydrogen-bond acceptors (Lipinski definition) is 3. The van der Waals surface area contributed by atoms with Crippen molar-refractivity contribution in [2.24, 2.45) is 0 Å². The monoisotopic (exact) mass is 327 g/mol. The second kappa shape index (κ2) is 5.45. The fourth-order valence-corrected chi connectivity index (χ4v) is 3.66. The molecule has 0 unspecified atom stereocenters. The van der Waals surface area contributed by atoms with E-state index in [-0.39, 0.29) is 0 Å². The first-order chi connectivity index (χ1) is 12.3. The predicted octanol–water partition coefficient (Wildman–Crippen LogP) is 4.06. The largest absolute Gasteiger partial charge is 0.497 e. The zero-order valence-corrected chi connectivity index (χ0v) is 13.9. The van der Waals surface area contributed by atoms with E-state index in [9.17, 15) is 0 Å². The third kappa shape index (κ3) is 2.22. The quantitative estimate of drug-likeness (QED) is 0.502. The number of methoxy groups -OCH3 is 1. The summed E-state index contributed by atoms with van der Waals surface area (Å²) >= 11 is 0. The fourth-order valence-electron chi connectivity index (χ4n) is 3.66. The highest BCUT2D eigenvalue weighted by atomic mass is 16.5. The molecule has 1 aliphatic carbocycles. The van der Waals surface area contributed by atoms with Crippen molar-refractivity contribution in [3.8, 4) is 16.9 Å². The van der Waals surface area contributed by atoms with E-state index in [1.165, 1.54) is 27.8 Å². The fraction of sp³-hybridized carbons (Fsp3) is 0.143. The van der Waals surface area contributed by atoms with Crippen LogP contribution in [-0.2, 0) is 13.0 Å². The van der Waals surface area contributed by atoms with Gasteiger partial charge >= 0.3 is 0 Å². The van der Waals surface area contributed by atoms with Crippen LogP contribution in [0.15, 0.2) is 60.9 Å². The number of nitrogens with zero attached hydrogens (tertiary/aromatic N) is 3. The van der Waals surface area contributed by atoms with E-state index in [0.717, 1.165) is 23.2 Å². The number of aromatic nitrogens is 3. The Balaban J connectivity index is 1.59. The smallest absolute Gasteiger partial charge is 0.158 e. The molecule has 2 aromatic heterocycles. The first-order valence-electron chi connectivity index (χ1n) is 8.38. The lowest BCUT2D eigenvalue weighted by molar-refractivity contribution is 0.414. The summed E-state index contributed by atoms with van der Waals surface area (Å²) in [6.07, 6.45) is 4.91. The molecule has 2 aromatic carbocycles. The Hall–Kier alpha value is -3.14. The molecule has 5 rings (SSSR count). The standard InChI is InChI=1S/C21H17N3O/c1-25-17-8-6-14(7-9-17)13-24-21-19(12-23-24)20-16(11-22-21)10-15-4-2-3-5-18(15)20/h2-9,11-12H,10,13H2,1H3. The van der Waals surface area contributed by atoms with Crippen LogP contribution in [0.25, 0.3) is 22.2 Å². The maximum atomic E-state index is 5.22. The Morgan fingerprint density at radius 1 is 1.00 bits per heavy atom. The maximum Gasteiger partial charge on any atom is 0.158 e. The van der Waals surface area contributed by atoms with Crippen molar-refractivity contribution in [2.45, 2.75) is 13.0 Å². The second-order valence-electron chi connectivity index (χ2n) is 6.38. The van der Waals surface area contributed by atoms with E-state index in [2.05, 4.69) is 41.5 Å². The van der Waals surface area contributed by atoms with Crippen LogP contribution < -0.4 is 4.74 Å². The highest BCUT2D eigenvalue weighted by molar-refractivity contribution is 5.97.